The quantitative estimate of drug-likeness (QED) is 0.257. The summed E-state index contributed by atoms with van der Waals surface area (Å²) in [5.74, 6) is 0.703. The lowest BCUT2D eigenvalue weighted by atomic mass is 10.1. The fourth-order valence-corrected chi connectivity index (χ4v) is 4.38. The third-order valence-corrected chi connectivity index (χ3v) is 6.34. The second-order valence-corrected chi connectivity index (χ2v) is 9.76. The highest BCUT2D eigenvalue weighted by Crippen LogP contribution is 2.27. The molecule has 0 aliphatic carbocycles. The van der Waals surface area contributed by atoms with E-state index in [1.54, 1.807) is 11.8 Å². The van der Waals surface area contributed by atoms with Crippen LogP contribution < -0.4 is 10.1 Å². The van der Waals surface area contributed by atoms with Gasteiger partial charge in [0.2, 0.25) is 11.8 Å². The lowest BCUT2D eigenvalue weighted by molar-refractivity contribution is -0.135. The molecule has 7 nitrogen and oxygen atoms in total. The van der Waals surface area contributed by atoms with Gasteiger partial charge < -0.3 is 15.0 Å². The highest BCUT2D eigenvalue weighted by molar-refractivity contribution is 6.30. The molecule has 196 valence electrons. The Kier molecular flexibility index (Phi) is 8.81. The van der Waals surface area contributed by atoms with E-state index < -0.39 is 5.38 Å². The summed E-state index contributed by atoms with van der Waals surface area (Å²) in [6, 6.07) is 28.1. The number of rotatable bonds is 10. The molecule has 1 atom stereocenters. The number of nitrogens with zero attached hydrogens (tertiary/aromatic N) is 3. The Labute approximate surface area is 228 Å². The van der Waals surface area contributed by atoms with Crippen molar-refractivity contribution in [3.05, 3.63) is 96.6 Å². The number of carbonyl (C=O) groups excluding carboxylic acids is 2. The Bertz CT molecular complexity index is 1360. The van der Waals surface area contributed by atoms with Gasteiger partial charge in [0, 0.05) is 18.2 Å². The van der Waals surface area contributed by atoms with Crippen molar-refractivity contribution >= 4 is 29.2 Å². The van der Waals surface area contributed by atoms with Gasteiger partial charge >= 0.3 is 0 Å². The lowest BCUT2D eigenvalue weighted by Crippen LogP contribution is -2.41. The molecule has 8 heteroatoms. The van der Waals surface area contributed by atoms with Crippen molar-refractivity contribution in [1.82, 2.24) is 14.7 Å². The normalized spacial score (nSPS) is 11.7. The molecule has 1 unspecified atom stereocenters. The van der Waals surface area contributed by atoms with E-state index in [0.717, 1.165) is 11.3 Å². The Balaban J connectivity index is 1.59. The fraction of sp³-hybridized carbons (Fsp3) is 0.233. The van der Waals surface area contributed by atoms with Crippen LogP contribution in [0.4, 0.5) is 5.82 Å². The SMILES string of the molecule is COc1ccc(-n2nc(-c3ccccc3)cc2NC(=O)CN(CC(C)C)C(=O)C(Cl)c2ccccc2)cc1. The van der Waals surface area contributed by atoms with Gasteiger partial charge in [0.25, 0.3) is 0 Å². The maximum Gasteiger partial charge on any atom is 0.245 e. The van der Waals surface area contributed by atoms with Crippen LogP contribution in [0.1, 0.15) is 24.8 Å². The molecule has 0 saturated heterocycles. The minimum Gasteiger partial charge on any atom is -0.497 e. The average molecular weight is 531 g/mol. The van der Waals surface area contributed by atoms with E-state index in [2.05, 4.69) is 5.32 Å². The van der Waals surface area contributed by atoms with Crippen LogP contribution in [-0.2, 0) is 9.59 Å². The molecule has 2 amide bonds. The first-order chi connectivity index (χ1) is 18.4. The predicted molar refractivity (Wildman–Crippen MR) is 151 cm³/mol. The summed E-state index contributed by atoms with van der Waals surface area (Å²) >= 11 is 6.53. The molecule has 4 aromatic rings. The molecule has 1 heterocycles. The minimum atomic E-state index is -0.878. The van der Waals surface area contributed by atoms with Crippen molar-refractivity contribution in [1.29, 1.82) is 0 Å². The molecule has 1 N–H and O–H groups in total. The van der Waals surface area contributed by atoms with Gasteiger partial charge in [-0.25, -0.2) is 4.68 Å². The number of anilines is 1. The molecule has 0 saturated carbocycles. The summed E-state index contributed by atoms with van der Waals surface area (Å²) in [5, 5.41) is 6.83. The number of aromatic nitrogens is 2. The molecular formula is C30H31ClN4O3. The van der Waals surface area contributed by atoms with Gasteiger partial charge in [-0.3, -0.25) is 9.59 Å². The molecule has 1 aromatic heterocycles. The number of hydrogen-bond acceptors (Lipinski definition) is 4. The van der Waals surface area contributed by atoms with Crippen molar-refractivity contribution in [3.63, 3.8) is 0 Å². The van der Waals surface area contributed by atoms with E-state index in [9.17, 15) is 9.59 Å². The highest BCUT2D eigenvalue weighted by atomic mass is 35.5. The van der Waals surface area contributed by atoms with Crippen LogP contribution in [0.15, 0.2) is 91.0 Å². The number of ether oxygens (including phenoxy) is 1. The van der Waals surface area contributed by atoms with Crippen LogP contribution in [-0.4, -0.2) is 46.7 Å². The van der Waals surface area contributed by atoms with E-state index in [-0.39, 0.29) is 24.3 Å². The zero-order chi connectivity index (χ0) is 27.1. The summed E-state index contributed by atoms with van der Waals surface area (Å²) in [7, 11) is 1.61. The third-order valence-electron chi connectivity index (χ3n) is 5.90. The van der Waals surface area contributed by atoms with E-state index in [1.165, 1.54) is 4.90 Å². The second kappa shape index (κ2) is 12.4. The van der Waals surface area contributed by atoms with Gasteiger partial charge in [-0.2, -0.15) is 5.10 Å². The Morgan fingerprint density at radius 1 is 0.974 bits per heavy atom. The minimum absolute atomic E-state index is 0.137. The van der Waals surface area contributed by atoms with Crippen molar-refractivity contribution in [3.8, 4) is 22.7 Å². The van der Waals surface area contributed by atoms with Crippen molar-refractivity contribution in [2.45, 2.75) is 19.2 Å². The van der Waals surface area contributed by atoms with Crippen LogP contribution in [0, 0.1) is 5.92 Å². The zero-order valence-electron chi connectivity index (χ0n) is 21.7. The molecule has 38 heavy (non-hydrogen) atoms. The summed E-state index contributed by atoms with van der Waals surface area (Å²) in [5.41, 5.74) is 3.07. The Morgan fingerprint density at radius 2 is 1.61 bits per heavy atom. The number of alkyl halides is 1. The molecule has 0 aliphatic heterocycles. The lowest BCUT2D eigenvalue weighted by Gasteiger charge is -2.26. The molecule has 0 radical (unpaired) electrons. The number of halogens is 1. The Morgan fingerprint density at radius 3 is 2.21 bits per heavy atom. The van der Waals surface area contributed by atoms with Crippen LogP contribution in [0.3, 0.4) is 0 Å². The van der Waals surface area contributed by atoms with Gasteiger partial charge in [-0.1, -0.05) is 74.5 Å². The first-order valence-electron chi connectivity index (χ1n) is 12.4. The highest BCUT2D eigenvalue weighted by Gasteiger charge is 2.26. The molecule has 4 rings (SSSR count). The maximum atomic E-state index is 13.3. The number of carbonyl (C=O) groups is 2. The molecule has 0 bridgehead atoms. The van der Waals surface area contributed by atoms with Crippen LogP contribution in [0.5, 0.6) is 5.75 Å². The predicted octanol–water partition coefficient (Wildman–Crippen LogP) is 5.95. The van der Waals surface area contributed by atoms with Gasteiger partial charge in [0.1, 0.15) is 16.9 Å². The third kappa shape index (κ3) is 6.61. The molecule has 3 aromatic carbocycles. The standard InChI is InChI=1S/C30H31ClN4O3/c1-21(2)19-34(30(37)29(31)23-12-8-5-9-13-23)20-28(36)32-27-18-26(22-10-6-4-7-11-22)33-35(27)24-14-16-25(38-3)17-15-24/h4-18,21,29H,19-20H2,1-3H3,(H,32,36). The first-order valence-corrected chi connectivity index (χ1v) is 12.9. The summed E-state index contributed by atoms with van der Waals surface area (Å²) < 4.78 is 6.94. The van der Waals surface area contributed by atoms with Crippen LogP contribution in [0.2, 0.25) is 0 Å². The molecule has 0 fully saturated rings. The maximum absolute atomic E-state index is 13.3. The monoisotopic (exact) mass is 530 g/mol. The second-order valence-electron chi connectivity index (χ2n) is 9.32. The summed E-state index contributed by atoms with van der Waals surface area (Å²) in [4.78, 5) is 28.1. The van der Waals surface area contributed by atoms with Crippen molar-refractivity contribution in [2.75, 3.05) is 25.5 Å². The largest absolute Gasteiger partial charge is 0.497 e. The van der Waals surface area contributed by atoms with E-state index >= 15 is 0 Å². The van der Waals surface area contributed by atoms with Gasteiger partial charge in [-0.15, -0.1) is 11.6 Å². The van der Waals surface area contributed by atoms with E-state index in [4.69, 9.17) is 21.4 Å². The zero-order valence-corrected chi connectivity index (χ0v) is 22.4. The Hall–Kier alpha value is -4.10. The van der Waals surface area contributed by atoms with Crippen LogP contribution in [0.25, 0.3) is 16.9 Å². The molecule has 0 spiro atoms. The van der Waals surface area contributed by atoms with Gasteiger partial charge in [0.15, 0.2) is 0 Å². The number of hydrogen-bond donors (Lipinski definition) is 1. The smallest absolute Gasteiger partial charge is 0.245 e. The van der Waals surface area contributed by atoms with Gasteiger partial charge in [0.05, 0.1) is 25.0 Å². The summed E-state index contributed by atoms with van der Waals surface area (Å²) in [6.45, 7) is 4.25. The topological polar surface area (TPSA) is 76.5 Å². The van der Waals surface area contributed by atoms with E-state index in [0.29, 0.717) is 29.4 Å². The van der Waals surface area contributed by atoms with E-state index in [1.807, 2.05) is 105 Å². The number of benzene rings is 3. The number of nitrogens with one attached hydrogen (secondary N) is 1. The van der Waals surface area contributed by atoms with Crippen molar-refractivity contribution < 1.29 is 14.3 Å². The first kappa shape index (κ1) is 26.9. The van der Waals surface area contributed by atoms with Crippen LogP contribution >= 0.6 is 11.6 Å². The fourth-order valence-electron chi connectivity index (χ4n) is 4.09. The summed E-state index contributed by atoms with van der Waals surface area (Å²) in [6.07, 6.45) is 0. The molecular weight excluding hydrogens is 500 g/mol. The number of amides is 2. The van der Waals surface area contributed by atoms with Crippen molar-refractivity contribution in [2.24, 2.45) is 5.92 Å². The molecule has 0 aliphatic rings. The van der Waals surface area contributed by atoms with Gasteiger partial charge in [-0.05, 0) is 35.7 Å². The average Bonchev–Trinajstić information content (AvgIpc) is 3.36. The number of methoxy groups -OCH3 is 1.